The van der Waals surface area contributed by atoms with Crippen LogP contribution in [0.3, 0.4) is 0 Å². The molecule has 1 saturated heterocycles. The topological polar surface area (TPSA) is 44.5 Å². The summed E-state index contributed by atoms with van der Waals surface area (Å²) in [5.41, 5.74) is 1.34. The quantitative estimate of drug-likeness (QED) is 0.909. The van der Waals surface area contributed by atoms with Gasteiger partial charge in [0.15, 0.2) is 5.82 Å². The van der Waals surface area contributed by atoms with Crippen LogP contribution in [0.4, 0.5) is 4.39 Å². The van der Waals surface area contributed by atoms with Gasteiger partial charge < -0.3 is 9.67 Å². The van der Waals surface area contributed by atoms with Crippen molar-refractivity contribution < 1.29 is 9.50 Å². The fourth-order valence-corrected chi connectivity index (χ4v) is 3.66. The first-order valence-corrected chi connectivity index (χ1v) is 8.77. The monoisotopic (exact) mass is 334 g/mol. The third kappa shape index (κ3) is 3.45. The van der Waals surface area contributed by atoms with Gasteiger partial charge in [-0.3, -0.25) is 9.80 Å². The van der Waals surface area contributed by atoms with Crippen molar-refractivity contribution in [1.29, 1.82) is 0 Å². The molecule has 1 aliphatic heterocycles. The van der Waals surface area contributed by atoms with E-state index in [4.69, 9.17) is 0 Å². The van der Waals surface area contributed by atoms with Crippen LogP contribution in [0.15, 0.2) is 18.2 Å². The fraction of sp³-hybridized carbons (Fsp3) is 0.611. The molecule has 1 aromatic carbocycles. The molecule has 3 rings (SSSR count). The Hall–Kier alpha value is -1.50. The highest BCUT2D eigenvalue weighted by Gasteiger charge is 2.25. The van der Waals surface area contributed by atoms with Crippen molar-refractivity contribution in [3.63, 3.8) is 0 Å². The van der Waals surface area contributed by atoms with Crippen LogP contribution in [0.5, 0.6) is 0 Å². The van der Waals surface area contributed by atoms with Gasteiger partial charge in [-0.2, -0.15) is 0 Å². The number of benzene rings is 1. The van der Waals surface area contributed by atoms with Crippen molar-refractivity contribution in [2.24, 2.45) is 0 Å². The lowest BCUT2D eigenvalue weighted by Crippen LogP contribution is -2.53. The van der Waals surface area contributed by atoms with E-state index >= 15 is 0 Å². The van der Waals surface area contributed by atoms with E-state index in [1.807, 2.05) is 13.0 Å². The average molecular weight is 334 g/mol. The normalized spacial score (nSPS) is 21.5. The molecule has 6 heteroatoms. The van der Waals surface area contributed by atoms with Crippen LogP contribution in [0.25, 0.3) is 11.0 Å². The summed E-state index contributed by atoms with van der Waals surface area (Å²) >= 11 is 0. The maximum Gasteiger partial charge on any atom is 0.151 e. The van der Waals surface area contributed by atoms with Crippen LogP contribution in [0.1, 0.15) is 26.6 Å². The van der Waals surface area contributed by atoms with Crippen LogP contribution in [0.2, 0.25) is 0 Å². The highest BCUT2D eigenvalue weighted by atomic mass is 19.1. The Morgan fingerprint density at radius 1 is 1.38 bits per heavy atom. The molecular formula is C18H27FN4O. The number of fused-ring (bicyclic) bond motifs is 1. The zero-order chi connectivity index (χ0) is 17.3. The van der Waals surface area contributed by atoms with Gasteiger partial charge in [-0.05, 0) is 32.9 Å². The number of halogens is 1. The van der Waals surface area contributed by atoms with Gasteiger partial charge in [0, 0.05) is 38.8 Å². The number of aromatic nitrogens is 2. The molecule has 2 heterocycles. The van der Waals surface area contributed by atoms with Gasteiger partial charge in [-0.15, -0.1) is 0 Å². The molecule has 0 aliphatic carbocycles. The third-order valence-corrected chi connectivity index (χ3v) is 4.84. The minimum Gasteiger partial charge on any atom is -0.392 e. The van der Waals surface area contributed by atoms with Gasteiger partial charge in [-0.25, -0.2) is 9.37 Å². The number of β-amino-alcohol motifs (C(OH)–C–C–N with tert-alkyl or cyclic N) is 1. The van der Waals surface area contributed by atoms with Crippen molar-refractivity contribution >= 4 is 11.0 Å². The van der Waals surface area contributed by atoms with Gasteiger partial charge in [-0.1, -0.05) is 6.07 Å². The summed E-state index contributed by atoms with van der Waals surface area (Å²) in [4.78, 5) is 9.25. The van der Waals surface area contributed by atoms with E-state index in [2.05, 4.69) is 33.2 Å². The fourth-order valence-electron chi connectivity index (χ4n) is 3.66. The zero-order valence-corrected chi connectivity index (χ0v) is 14.7. The predicted molar refractivity (Wildman–Crippen MR) is 93.4 cm³/mol. The van der Waals surface area contributed by atoms with E-state index in [1.54, 1.807) is 6.07 Å². The smallest absolute Gasteiger partial charge is 0.151 e. The lowest BCUT2D eigenvalue weighted by Gasteiger charge is -2.40. The van der Waals surface area contributed by atoms with E-state index in [-0.39, 0.29) is 11.9 Å². The van der Waals surface area contributed by atoms with Gasteiger partial charge in [0.2, 0.25) is 0 Å². The maximum absolute atomic E-state index is 14.0. The zero-order valence-electron chi connectivity index (χ0n) is 14.7. The Morgan fingerprint density at radius 3 is 2.83 bits per heavy atom. The van der Waals surface area contributed by atoms with E-state index < -0.39 is 0 Å². The molecule has 0 bridgehead atoms. The summed E-state index contributed by atoms with van der Waals surface area (Å²) in [6.45, 7) is 11.1. The number of piperazine rings is 1. The van der Waals surface area contributed by atoms with E-state index in [9.17, 15) is 9.50 Å². The number of aliphatic hydroxyl groups excluding tert-OH is 1. The largest absolute Gasteiger partial charge is 0.392 e. The Bertz CT molecular complexity index is 700. The Labute approximate surface area is 142 Å². The third-order valence-electron chi connectivity index (χ3n) is 4.84. The number of aliphatic hydroxyl groups is 1. The van der Waals surface area contributed by atoms with E-state index in [0.717, 1.165) is 44.1 Å². The molecule has 0 amide bonds. The molecule has 2 atom stereocenters. The number of aryl methyl sites for hydroxylation is 1. The molecule has 0 spiro atoms. The van der Waals surface area contributed by atoms with Crippen LogP contribution >= 0.6 is 0 Å². The molecule has 1 N–H and O–H groups in total. The number of hydrogen-bond acceptors (Lipinski definition) is 4. The van der Waals surface area contributed by atoms with Crippen molar-refractivity contribution in [2.75, 3.05) is 26.2 Å². The van der Waals surface area contributed by atoms with Crippen molar-refractivity contribution in [2.45, 2.75) is 46.0 Å². The first kappa shape index (κ1) is 17.3. The minimum atomic E-state index is -0.300. The average Bonchev–Trinajstić information content (AvgIpc) is 2.88. The Kier molecular flexibility index (Phi) is 5.18. The van der Waals surface area contributed by atoms with Gasteiger partial charge in [0.05, 0.1) is 18.2 Å². The molecule has 5 nitrogen and oxygen atoms in total. The molecule has 24 heavy (non-hydrogen) atoms. The van der Waals surface area contributed by atoms with Crippen molar-refractivity contribution in [3.05, 3.63) is 29.8 Å². The number of para-hydroxylation sites is 1. The summed E-state index contributed by atoms with van der Waals surface area (Å²) < 4.78 is 16.1. The molecule has 132 valence electrons. The van der Waals surface area contributed by atoms with Gasteiger partial charge in [0.1, 0.15) is 11.3 Å². The second-order valence-electron chi connectivity index (χ2n) is 6.81. The molecule has 0 unspecified atom stereocenters. The van der Waals surface area contributed by atoms with Crippen molar-refractivity contribution in [1.82, 2.24) is 19.4 Å². The molecule has 0 saturated carbocycles. The Balaban J connectivity index is 1.75. The van der Waals surface area contributed by atoms with E-state index in [0.29, 0.717) is 18.1 Å². The van der Waals surface area contributed by atoms with Gasteiger partial charge in [0.25, 0.3) is 0 Å². The molecule has 1 fully saturated rings. The summed E-state index contributed by atoms with van der Waals surface area (Å²) in [5.74, 6) is 0.671. The number of hydrogen-bond donors (Lipinski definition) is 1. The summed E-state index contributed by atoms with van der Waals surface area (Å²) in [6.07, 6.45) is -0.300. The van der Waals surface area contributed by atoms with Gasteiger partial charge >= 0.3 is 0 Å². The SMILES string of the molecule is CCn1c(CN2CCN(C[C@H](C)O)[C@@H](C)C2)nc2c(F)cccc21. The van der Waals surface area contributed by atoms with Crippen LogP contribution in [0, 0.1) is 5.82 Å². The summed E-state index contributed by atoms with van der Waals surface area (Å²) in [6, 6.07) is 5.54. The summed E-state index contributed by atoms with van der Waals surface area (Å²) in [7, 11) is 0. The van der Waals surface area contributed by atoms with Crippen LogP contribution in [-0.2, 0) is 13.1 Å². The molecule has 0 radical (unpaired) electrons. The molecule has 1 aliphatic rings. The number of nitrogens with zero attached hydrogens (tertiary/aromatic N) is 4. The highest BCUT2D eigenvalue weighted by molar-refractivity contribution is 5.76. The first-order valence-electron chi connectivity index (χ1n) is 8.77. The standard InChI is InChI=1S/C18H27FN4O/c1-4-23-16-7-5-6-15(19)18(16)20-17(23)12-21-8-9-22(11-14(3)24)13(2)10-21/h5-7,13-14,24H,4,8-12H2,1-3H3/t13-,14-/m0/s1. The van der Waals surface area contributed by atoms with E-state index in [1.165, 1.54) is 6.07 Å². The number of imidazole rings is 1. The lowest BCUT2D eigenvalue weighted by atomic mass is 10.1. The second-order valence-corrected chi connectivity index (χ2v) is 6.81. The maximum atomic E-state index is 14.0. The van der Waals surface area contributed by atoms with Crippen LogP contribution in [-0.4, -0.2) is 62.8 Å². The summed E-state index contributed by atoms with van der Waals surface area (Å²) in [5, 5.41) is 9.59. The lowest BCUT2D eigenvalue weighted by molar-refractivity contribution is 0.0410. The number of rotatable bonds is 5. The van der Waals surface area contributed by atoms with Crippen LogP contribution < -0.4 is 0 Å². The predicted octanol–water partition coefficient (Wildman–Crippen LogP) is 2.08. The molecular weight excluding hydrogens is 307 g/mol. The van der Waals surface area contributed by atoms with Crippen molar-refractivity contribution in [3.8, 4) is 0 Å². The molecule has 2 aromatic rings. The minimum absolute atomic E-state index is 0.254. The second kappa shape index (κ2) is 7.17. The molecule has 1 aromatic heterocycles. The highest BCUT2D eigenvalue weighted by Crippen LogP contribution is 2.21. The first-order chi connectivity index (χ1) is 11.5. The Morgan fingerprint density at radius 2 is 2.17 bits per heavy atom.